The molecular formula is C15H22N2O2. The Labute approximate surface area is 114 Å². The van der Waals surface area contributed by atoms with Crippen molar-refractivity contribution in [1.82, 2.24) is 4.90 Å². The summed E-state index contributed by atoms with van der Waals surface area (Å²) in [6, 6.07) is 5.15. The normalized spacial score (nSPS) is 10.0. The van der Waals surface area contributed by atoms with E-state index in [0.717, 1.165) is 6.42 Å². The minimum Gasteiger partial charge on any atom is -0.492 e. The van der Waals surface area contributed by atoms with Crippen LogP contribution in [0.2, 0.25) is 0 Å². The third-order valence-electron chi connectivity index (χ3n) is 2.69. The van der Waals surface area contributed by atoms with E-state index in [-0.39, 0.29) is 5.91 Å². The fourth-order valence-corrected chi connectivity index (χ4v) is 1.85. The van der Waals surface area contributed by atoms with Crippen molar-refractivity contribution in [2.24, 2.45) is 0 Å². The average Bonchev–Trinajstić information content (AvgIpc) is 2.40. The first-order valence-corrected chi connectivity index (χ1v) is 6.56. The molecule has 0 bridgehead atoms. The van der Waals surface area contributed by atoms with Crippen LogP contribution in [-0.4, -0.2) is 30.5 Å². The predicted octanol–water partition coefficient (Wildman–Crippen LogP) is 2.71. The maximum absolute atomic E-state index is 12.3. The van der Waals surface area contributed by atoms with E-state index in [1.54, 1.807) is 29.2 Å². The molecule has 0 saturated heterocycles. The van der Waals surface area contributed by atoms with Crippen molar-refractivity contribution in [1.29, 1.82) is 0 Å². The van der Waals surface area contributed by atoms with Gasteiger partial charge >= 0.3 is 0 Å². The minimum absolute atomic E-state index is 0.0310. The molecule has 1 aromatic carbocycles. The van der Waals surface area contributed by atoms with E-state index in [0.29, 0.717) is 36.7 Å². The second kappa shape index (κ2) is 7.46. The van der Waals surface area contributed by atoms with Gasteiger partial charge in [0, 0.05) is 18.7 Å². The van der Waals surface area contributed by atoms with Crippen molar-refractivity contribution >= 4 is 11.6 Å². The number of ether oxygens (including phenoxy) is 1. The van der Waals surface area contributed by atoms with Gasteiger partial charge in [0.2, 0.25) is 0 Å². The first kappa shape index (κ1) is 15.1. The molecule has 0 spiro atoms. The Bertz CT molecular complexity index is 444. The topological polar surface area (TPSA) is 55.6 Å². The highest BCUT2D eigenvalue weighted by atomic mass is 16.5. The van der Waals surface area contributed by atoms with Crippen molar-refractivity contribution < 1.29 is 9.53 Å². The molecule has 2 N–H and O–H groups in total. The molecule has 0 aromatic heterocycles. The zero-order valence-electron chi connectivity index (χ0n) is 11.7. The highest BCUT2D eigenvalue weighted by Crippen LogP contribution is 2.23. The summed E-state index contributed by atoms with van der Waals surface area (Å²) in [6.07, 6.45) is 2.64. The molecule has 1 aromatic rings. The Kier molecular flexibility index (Phi) is 5.93. The lowest BCUT2D eigenvalue weighted by atomic mass is 10.1. The Morgan fingerprint density at radius 3 is 2.74 bits per heavy atom. The SMILES string of the molecule is C=CCN(CCC)C(=O)c1ccc(OCC)c(N)c1. The molecule has 0 heterocycles. The van der Waals surface area contributed by atoms with Gasteiger partial charge in [0.15, 0.2) is 0 Å². The maximum Gasteiger partial charge on any atom is 0.254 e. The molecule has 0 radical (unpaired) electrons. The van der Waals surface area contributed by atoms with Gasteiger partial charge in [0.25, 0.3) is 5.91 Å². The number of nitrogens with two attached hydrogens (primary N) is 1. The number of nitrogens with zero attached hydrogens (tertiary/aromatic N) is 1. The second-order valence-electron chi connectivity index (χ2n) is 4.23. The van der Waals surface area contributed by atoms with Crippen LogP contribution < -0.4 is 10.5 Å². The summed E-state index contributed by atoms with van der Waals surface area (Å²) in [4.78, 5) is 14.1. The fourth-order valence-electron chi connectivity index (χ4n) is 1.85. The number of benzene rings is 1. The van der Waals surface area contributed by atoms with Crippen molar-refractivity contribution in [3.63, 3.8) is 0 Å². The number of rotatable bonds is 7. The number of anilines is 1. The number of hydrogen-bond acceptors (Lipinski definition) is 3. The van der Waals surface area contributed by atoms with Crippen molar-refractivity contribution in [2.75, 3.05) is 25.4 Å². The van der Waals surface area contributed by atoms with Crippen molar-refractivity contribution in [2.45, 2.75) is 20.3 Å². The summed E-state index contributed by atoms with van der Waals surface area (Å²) in [5.74, 6) is 0.585. The molecular weight excluding hydrogens is 240 g/mol. The van der Waals surface area contributed by atoms with E-state index >= 15 is 0 Å². The van der Waals surface area contributed by atoms with Crippen LogP contribution >= 0.6 is 0 Å². The van der Waals surface area contributed by atoms with Crippen LogP contribution in [-0.2, 0) is 0 Å². The van der Waals surface area contributed by atoms with E-state index in [1.807, 2.05) is 13.8 Å². The van der Waals surface area contributed by atoms with Crippen LogP contribution in [0.5, 0.6) is 5.75 Å². The molecule has 4 heteroatoms. The third-order valence-corrected chi connectivity index (χ3v) is 2.69. The minimum atomic E-state index is -0.0310. The van der Waals surface area contributed by atoms with Gasteiger partial charge in [-0.3, -0.25) is 4.79 Å². The fraction of sp³-hybridized carbons (Fsp3) is 0.400. The first-order valence-electron chi connectivity index (χ1n) is 6.56. The lowest BCUT2D eigenvalue weighted by Crippen LogP contribution is -2.31. The zero-order chi connectivity index (χ0) is 14.3. The monoisotopic (exact) mass is 262 g/mol. The van der Waals surface area contributed by atoms with Crippen LogP contribution in [0.25, 0.3) is 0 Å². The van der Waals surface area contributed by atoms with Crippen LogP contribution in [0.4, 0.5) is 5.69 Å². The molecule has 19 heavy (non-hydrogen) atoms. The van der Waals surface area contributed by atoms with E-state index in [9.17, 15) is 4.79 Å². The third kappa shape index (κ3) is 4.02. The molecule has 104 valence electrons. The summed E-state index contributed by atoms with van der Waals surface area (Å²) >= 11 is 0. The average molecular weight is 262 g/mol. The smallest absolute Gasteiger partial charge is 0.254 e. The highest BCUT2D eigenvalue weighted by molar-refractivity contribution is 5.95. The number of hydrogen-bond donors (Lipinski definition) is 1. The summed E-state index contributed by atoms with van der Waals surface area (Å²) < 4.78 is 5.36. The van der Waals surface area contributed by atoms with Crippen LogP contribution in [0, 0.1) is 0 Å². The molecule has 0 fully saturated rings. The standard InChI is InChI=1S/C15H22N2O2/c1-4-9-17(10-5-2)15(18)12-7-8-14(19-6-3)13(16)11-12/h4,7-8,11H,1,5-6,9-10,16H2,2-3H3. The predicted molar refractivity (Wildman–Crippen MR) is 78.4 cm³/mol. The molecule has 1 rings (SSSR count). The number of nitrogen functional groups attached to an aromatic ring is 1. The van der Waals surface area contributed by atoms with E-state index in [1.165, 1.54) is 0 Å². The van der Waals surface area contributed by atoms with Gasteiger partial charge in [-0.2, -0.15) is 0 Å². The van der Waals surface area contributed by atoms with Gasteiger partial charge in [-0.25, -0.2) is 0 Å². The van der Waals surface area contributed by atoms with Crippen molar-refractivity contribution in [3.8, 4) is 5.75 Å². The van der Waals surface area contributed by atoms with Gasteiger partial charge in [0.05, 0.1) is 12.3 Å². The molecule has 0 unspecified atom stereocenters. The van der Waals surface area contributed by atoms with Crippen LogP contribution in [0.3, 0.4) is 0 Å². The lowest BCUT2D eigenvalue weighted by molar-refractivity contribution is 0.0774. The van der Waals surface area contributed by atoms with Gasteiger partial charge in [-0.15, -0.1) is 6.58 Å². The highest BCUT2D eigenvalue weighted by Gasteiger charge is 2.15. The molecule has 0 aliphatic carbocycles. The number of carbonyl (C=O) groups is 1. The maximum atomic E-state index is 12.3. The van der Waals surface area contributed by atoms with Gasteiger partial charge < -0.3 is 15.4 Å². The summed E-state index contributed by atoms with van der Waals surface area (Å²) in [7, 11) is 0. The largest absolute Gasteiger partial charge is 0.492 e. The quantitative estimate of drug-likeness (QED) is 0.607. The number of carbonyl (C=O) groups excluding carboxylic acids is 1. The van der Waals surface area contributed by atoms with E-state index < -0.39 is 0 Å². The Hall–Kier alpha value is -1.97. The Morgan fingerprint density at radius 1 is 1.47 bits per heavy atom. The van der Waals surface area contributed by atoms with E-state index in [4.69, 9.17) is 10.5 Å². The Morgan fingerprint density at radius 2 is 2.21 bits per heavy atom. The molecule has 0 atom stereocenters. The first-order chi connectivity index (χ1) is 9.13. The number of amides is 1. The molecule has 1 amide bonds. The summed E-state index contributed by atoms with van der Waals surface area (Å²) in [5, 5.41) is 0. The Balaban J connectivity index is 2.91. The lowest BCUT2D eigenvalue weighted by Gasteiger charge is -2.20. The molecule has 4 nitrogen and oxygen atoms in total. The van der Waals surface area contributed by atoms with Gasteiger partial charge in [0.1, 0.15) is 5.75 Å². The summed E-state index contributed by atoms with van der Waals surface area (Å²) in [6.45, 7) is 9.41. The van der Waals surface area contributed by atoms with Crippen LogP contribution in [0.1, 0.15) is 30.6 Å². The molecule has 0 aliphatic rings. The molecule has 0 aliphatic heterocycles. The van der Waals surface area contributed by atoms with Gasteiger partial charge in [-0.1, -0.05) is 13.0 Å². The second-order valence-corrected chi connectivity index (χ2v) is 4.23. The zero-order valence-corrected chi connectivity index (χ0v) is 11.7. The van der Waals surface area contributed by atoms with Gasteiger partial charge in [-0.05, 0) is 31.5 Å². The van der Waals surface area contributed by atoms with Crippen LogP contribution in [0.15, 0.2) is 30.9 Å². The molecule has 0 saturated carbocycles. The summed E-state index contributed by atoms with van der Waals surface area (Å²) in [5.41, 5.74) is 6.95. The van der Waals surface area contributed by atoms with Crippen molar-refractivity contribution in [3.05, 3.63) is 36.4 Å². The van der Waals surface area contributed by atoms with E-state index in [2.05, 4.69) is 6.58 Å².